The molecule has 1 aliphatic rings. The summed E-state index contributed by atoms with van der Waals surface area (Å²) in [6.45, 7) is 0.883. The summed E-state index contributed by atoms with van der Waals surface area (Å²) in [5.74, 6) is 0.823. The van der Waals surface area contributed by atoms with Crippen LogP contribution >= 0.6 is 11.6 Å². The fourth-order valence-electron chi connectivity index (χ4n) is 1.60. The second-order valence-corrected chi connectivity index (χ2v) is 3.55. The lowest BCUT2D eigenvalue weighted by atomic mass is 10.1. The Morgan fingerprint density at radius 1 is 1.46 bits per heavy atom. The minimum Gasteiger partial charge on any atom is -0.491 e. The van der Waals surface area contributed by atoms with Crippen LogP contribution in [0.15, 0.2) is 12.1 Å². The van der Waals surface area contributed by atoms with Gasteiger partial charge in [-0.1, -0.05) is 17.7 Å². The second kappa shape index (κ2) is 3.56. The molecule has 0 fully saturated rings. The molecule has 1 aromatic carbocycles. The Balaban J connectivity index is 2.37. The zero-order valence-electron chi connectivity index (χ0n) is 7.22. The third kappa shape index (κ3) is 1.64. The predicted molar refractivity (Wildman–Crippen MR) is 51.4 cm³/mol. The Morgan fingerprint density at radius 2 is 2.31 bits per heavy atom. The van der Waals surface area contributed by atoms with E-state index in [4.69, 9.17) is 21.4 Å². The molecular formula is C10H11ClO2. The quantitative estimate of drug-likeness (QED) is 0.786. The fourth-order valence-corrected chi connectivity index (χ4v) is 1.91. The number of rotatable bonds is 2. The predicted octanol–water partition coefficient (Wildman–Crippen LogP) is 1.81. The van der Waals surface area contributed by atoms with E-state index in [0.29, 0.717) is 11.4 Å². The van der Waals surface area contributed by atoms with Crippen LogP contribution < -0.4 is 4.74 Å². The van der Waals surface area contributed by atoms with Gasteiger partial charge < -0.3 is 9.84 Å². The summed E-state index contributed by atoms with van der Waals surface area (Å²) in [7, 11) is 0. The molecular weight excluding hydrogens is 188 g/mol. The average Bonchev–Trinajstić information content (AvgIpc) is 2.53. The maximum absolute atomic E-state index is 8.78. The molecule has 0 saturated carbocycles. The van der Waals surface area contributed by atoms with Gasteiger partial charge in [0, 0.05) is 13.0 Å². The van der Waals surface area contributed by atoms with Crippen molar-refractivity contribution in [2.45, 2.75) is 12.8 Å². The zero-order valence-corrected chi connectivity index (χ0v) is 7.97. The number of aliphatic hydroxyl groups is 1. The lowest BCUT2D eigenvalue weighted by Gasteiger charge is -2.04. The molecule has 1 heterocycles. The largest absolute Gasteiger partial charge is 0.491 e. The smallest absolute Gasteiger partial charge is 0.141 e. The van der Waals surface area contributed by atoms with Crippen molar-refractivity contribution in [2.75, 3.05) is 13.2 Å². The molecule has 0 amide bonds. The van der Waals surface area contributed by atoms with Crippen molar-refractivity contribution in [3.8, 4) is 5.75 Å². The molecule has 0 spiro atoms. The Bertz CT molecular complexity index is 323. The first kappa shape index (κ1) is 8.85. The topological polar surface area (TPSA) is 29.5 Å². The van der Waals surface area contributed by atoms with E-state index in [-0.39, 0.29) is 6.61 Å². The van der Waals surface area contributed by atoms with E-state index in [1.807, 2.05) is 6.07 Å². The molecule has 2 rings (SSSR count). The van der Waals surface area contributed by atoms with Gasteiger partial charge in [-0.3, -0.25) is 0 Å². The van der Waals surface area contributed by atoms with E-state index in [0.717, 1.165) is 29.9 Å². The molecule has 1 aromatic rings. The normalized spacial score (nSPS) is 14.0. The lowest BCUT2D eigenvalue weighted by Crippen LogP contribution is -1.92. The number of benzene rings is 1. The molecule has 2 nitrogen and oxygen atoms in total. The average molecular weight is 199 g/mol. The molecule has 1 aliphatic heterocycles. The molecule has 13 heavy (non-hydrogen) atoms. The third-order valence-corrected chi connectivity index (χ3v) is 2.48. The van der Waals surface area contributed by atoms with Crippen LogP contribution in [0.3, 0.4) is 0 Å². The third-order valence-electron chi connectivity index (χ3n) is 2.20. The molecule has 0 atom stereocenters. The Kier molecular flexibility index (Phi) is 2.42. The second-order valence-electron chi connectivity index (χ2n) is 3.14. The Labute approximate surface area is 82.1 Å². The molecule has 1 N–H and O–H groups in total. The molecule has 0 aliphatic carbocycles. The highest BCUT2D eigenvalue weighted by atomic mass is 35.5. The van der Waals surface area contributed by atoms with E-state index in [1.54, 1.807) is 0 Å². The summed E-state index contributed by atoms with van der Waals surface area (Å²) in [4.78, 5) is 0. The number of fused-ring (bicyclic) bond motifs is 1. The minimum absolute atomic E-state index is 0.163. The Hall–Kier alpha value is -0.730. The van der Waals surface area contributed by atoms with Crippen molar-refractivity contribution < 1.29 is 9.84 Å². The highest BCUT2D eigenvalue weighted by molar-refractivity contribution is 6.32. The van der Waals surface area contributed by atoms with Crippen molar-refractivity contribution >= 4 is 11.6 Å². The maximum atomic E-state index is 8.78. The van der Waals surface area contributed by atoms with Crippen molar-refractivity contribution in [1.29, 1.82) is 0 Å². The van der Waals surface area contributed by atoms with Crippen LogP contribution in [0.4, 0.5) is 0 Å². The van der Waals surface area contributed by atoms with Gasteiger partial charge in [-0.2, -0.15) is 0 Å². The first-order chi connectivity index (χ1) is 6.31. The fraction of sp³-hybridized carbons (Fsp3) is 0.400. The summed E-state index contributed by atoms with van der Waals surface area (Å²) in [6, 6.07) is 3.92. The highest BCUT2D eigenvalue weighted by Crippen LogP contribution is 2.34. The number of aliphatic hydroxyl groups excluding tert-OH is 1. The van der Waals surface area contributed by atoms with E-state index in [9.17, 15) is 0 Å². The van der Waals surface area contributed by atoms with Crippen LogP contribution in [0.2, 0.25) is 5.02 Å². The van der Waals surface area contributed by atoms with Crippen LogP contribution in [0.1, 0.15) is 11.1 Å². The van der Waals surface area contributed by atoms with Gasteiger partial charge >= 0.3 is 0 Å². The summed E-state index contributed by atoms with van der Waals surface area (Å²) in [5.41, 5.74) is 2.24. The van der Waals surface area contributed by atoms with Gasteiger partial charge in [-0.15, -0.1) is 0 Å². The Morgan fingerprint density at radius 3 is 3.08 bits per heavy atom. The van der Waals surface area contributed by atoms with Crippen LogP contribution in [0, 0.1) is 0 Å². The van der Waals surface area contributed by atoms with Gasteiger partial charge in [0.05, 0.1) is 11.6 Å². The van der Waals surface area contributed by atoms with Gasteiger partial charge in [0.2, 0.25) is 0 Å². The van der Waals surface area contributed by atoms with Gasteiger partial charge in [0.15, 0.2) is 0 Å². The molecule has 3 heteroatoms. The van der Waals surface area contributed by atoms with Crippen molar-refractivity contribution in [3.05, 3.63) is 28.3 Å². The molecule has 0 unspecified atom stereocenters. The molecule has 0 aromatic heterocycles. The van der Waals surface area contributed by atoms with Crippen molar-refractivity contribution in [3.63, 3.8) is 0 Å². The molecule has 0 saturated heterocycles. The van der Waals surface area contributed by atoms with Crippen LogP contribution in [-0.2, 0) is 12.8 Å². The molecule has 0 bridgehead atoms. The highest BCUT2D eigenvalue weighted by Gasteiger charge is 2.16. The van der Waals surface area contributed by atoms with Gasteiger partial charge in [0.25, 0.3) is 0 Å². The summed E-state index contributed by atoms with van der Waals surface area (Å²) < 4.78 is 5.37. The maximum Gasteiger partial charge on any atom is 0.141 e. The number of hydrogen-bond donors (Lipinski definition) is 1. The minimum atomic E-state index is 0.163. The molecule has 0 radical (unpaired) electrons. The van der Waals surface area contributed by atoms with Crippen molar-refractivity contribution in [1.82, 2.24) is 0 Å². The molecule has 70 valence electrons. The van der Waals surface area contributed by atoms with Crippen molar-refractivity contribution in [2.24, 2.45) is 0 Å². The number of hydrogen-bond acceptors (Lipinski definition) is 2. The van der Waals surface area contributed by atoms with E-state index < -0.39 is 0 Å². The van der Waals surface area contributed by atoms with E-state index in [1.165, 1.54) is 0 Å². The van der Waals surface area contributed by atoms with Gasteiger partial charge in [0.1, 0.15) is 5.75 Å². The summed E-state index contributed by atoms with van der Waals surface area (Å²) >= 11 is 6.00. The van der Waals surface area contributed by atoms with Crippen LogP contribution in [0.5, 0.6) is 5.75 Å². The van der Waals surface area contributed by atoms with Crippen LogP contribution in [-0.4, -0.2) is 18.3 Å². The summed E-state index contributed by atoms with van der Waals surface area (Å²) in [6.07, 6.45) is 1.58. The number of ether oxygens (including phenoxy) is 1. The summed E-state index contributed by atoms with van der Waals surface area (Å²) in [5, 5.41) is 9.45. The number of halogens is 1. The first-order valence-corrected chi connectivity index (χ1v) is 4.74. The monoisotopic (exact) mass is 198 g/mol. The first-order valence-electron chi connectivity index (χ1n) is 4.36. The van der Waals surface area contributed by atoms with E-state index >= 15 is 0 Å². The van der Waals surface area contributed by atoms with Crippen LogP contribution in [0.25, 0.3) is 0 Å². The van der Waals surface area contributed by atoms with E-state index in [2.05, 4.69) is 6.07 Å². The van der Waals surface area contributed by atoms with Gasteiger partial charge in [-0.05, 0) is 23.6 Å². The van der Waals surface area contributed by atoms with Gasteiger partial charge in [-0.25, -0.2) is 0 Å². The SMILES string of the molecule is OCCc1cc(Cl)c2c(c1)CCO2. The zero-order chi connectivity index (χ0) is 9.26. The lowest BCUT2D eigenvalue weighted by molar-refractivity contribution is 0.299. The standard InChI is InChI=1S/C10H11ClO2/c11-9-6-7(1-3-12)5-8-2-4-13-10(8)9/h5-6,12H,1-4H2.